The molecule has 1 fully saturated rings. The van der Waals surface area contributed by atoms with E-state index in [-0.39, 0.29) is 0 Å². The van der Waals surface area contributed by atoms with Crippen molar-refractivity contribution in [1.29, 1.82) is 0 Å². The zero-order valence-electron chi connectivity index (χ0n) is 17.2. The van der Waals surface area contributed by atoms with Crippen molar-refractivity contribution in [2.24, 2.45) is 10.9 Å². The first-order valence-corrected chi connectivity index (χ1v) is 10.2. The van der Waals surface area contributed by atoms with E-state index in [1.54, 1.807) is 0 Å². The highest BCUT2D eigenvalue weighted by Gasteiger charge is 2.09. The summed E-state index contributed by atoms with van der Waals surface area (Å²) in [6.07, 6.45) is 0.957. The predicted octanol–water partition coefficient (Wildman–Crippen LogP) is 2.15. The van der Waals surface area contributed by atoms with E-state index in [1.807, 2.05) is 0 Å². The number of rotatable bonds is 10. The molecule has 6 nitrogen and oxygen atoms in total. The quantitative estimate of drug-likeness (QED) is 0.484. The van der Waals surface area contributed by atoms with Gasteiger partial charge in [-0.3, -0.25) is 9.89 Å². The lowest BCUT2D eigenvalue weighted by Crippen LogP contribution is -2.40. The number of aliphatic imine (C=N–C) groups is 1. The SMILES string of the molecule is CCNC(=NCCN1CCOCC1)NCCc1ccc(OCC(C)C)cc1. The minimum absolute atomic E-state index is 0.542. The van der Waals surface area contributed by atoms with Gasteiger partial charge >= 0.3 is 0 Å². The fraction of sp³-hybridized carbons (Fsp3) is 0.667. The number of nitrogens with zero attached hydrogens (tertiary/aromatic N) is 2. The van der Waals surface area contributed by atoms with Crippen LogP contribution in [0.2, 0.25) is 0 Å². The van der Waals surface area contributed by atoms with E-state index in [0.717, 1.165) is 77.2 Å². The molecule has 0 aliphatic carbocycles. The number of ether oxygens (including phenoxy) is 2. The molecule has 1 heterocycles. The van der Waals surface area contributed by atoms with Crippen LogP contribution in [0.3, 0.4) is 0 Å². The number of hydrogen-bond acceptors (Lipinski definition) is 4. The van der Waals surface area contributed by atoms with Gasteiger partial charge in [0.05, 0.1) is 26.4 Å². The lowest BCUT2D eigenvalue weighted by molar-refractivity contribution is 0.0394. The number of benzene rings is 1. The highest BCUT2D eigenvalue weighted by atomic mass is 16.5. The second kappa shape index (κ2) is 12.6. The van der Waals surface area contributed by atoms with Crippen LogP contribution in [-0.2, 0) is 11.2 Å². The first kappa shape index (κ1) is 21.5. The van der Waals surface area contributed by atoms with Crippen molar-refractivity contribution in [1.82, 2.24) is 15.5 Å². The number of hydrogen-bond donors (Lipinski definition) is 2. The van der Waals surface area contributed by atoms with E-state index in [2.05, 4.69) is 65.6 Å². The molecule has 27 heavy (non-hydrogen) atoms. The minimum atomic E-state index is 0.542. The molecule has 152 valence electrons. The van der Waals surface area contributed by atoms with Gasteiger partial charge in [0.2, 0.25) is 0 Å². The zero-order valence-corrected chi connectivity index (χ0v) is 17.2. The maximum absolute atomic E-state index is 5.73. The Balaban J connectivity index is 1.70. The summed E-state index contributed by atoms with van der Waals surface area (Å²) in [5.41, 5.74) is 1.29. The van der Waals surface area contributed by atoms with Crippen molar-refractivity contribution in [3.8, 4) is 5.75 Å². The summed E-state index contributed by atoms with van der Waals surface area (Å²) in [5, 5.41) is 6.74. The first-order chi connectivity index (χ1) is 13.2. The van der Waals surface area contributed by atoms with Gasteiger partial charge in [-0.1, -0.05) is 26.0 Å². The van der Waals surface area contributed by atoms with Gasteiger partial charge in [-0.15, -0.1) is 0 Å². The average Bonchev–Trinajstić information content (AvgIpc) is 2.68. The molecular weight excluding hydrogens is 340 g/mol. The molecule has 0 radical (unpaired) electrons. The first-order valence-electron chi connectivity index (χ1n) is 10.2. The van der Waals surface area contributed by atoms with Gasteiger partial charge in [-0.2, -0.15) is 0 Å². The maximum atomic E-state index is 5.73. The standard InChI is InChI=1S/C21H36N4O2/c1-4-22-21(24-11-12-25-13-15-26-16-14-25)23-10-9-19-5-7-20(8-6-19)27-17-18(2)3/h5-8,18H,4,9-17H2,1-3H3,(H2,22,23,24). The third-order valence-electron chi connectivity index (χ3n) is 4.35. The molecule has 0 aromatic heterocycles. The smallest absolute Gasteiger partial charge is 0.191 e. The van der Waals surface area contributed by atoms with Crippen LogP contribution >= 0.6 is 0 Å². The van der Waals surface area contributed by atoms with Gasteiger partial charge < -0.3 is 20.1 Å². The Hall–Kier alpha value is -1.79. The fourth-order valence-electron chi connectivity index (χ4n) is 2.81. The summed E-state index contributed by atoms with van der Waals surface area (Å²) < 4.78 is 11.1. The van der Waals surface area contributed by atoms with Gasteiger partial charge in [0, 0.05) is 32.7 Å². The summed E-state index contributed by atoms with van der Waals surface area (Å²) >= 11 is 0. The molecule has 0 atom stereocenters. The molecule has 0 amide bonds. The van der Waals surface area contributed by atoms with E-state index in [1.165, 1.54) is 5.56 Å². The monoisotopic (exact) mass is 376 g/mol. The lowest BCUT2D eigenvalue weighted by Gasteiger charge is -2.25. The topological polar surface area (TPSA) is 58.1 Å². The molecule has 1 aliphatic rings. The molecule has 0 bridgehead atoms. The van der Waals surface area contributed by atoms with Crippen LogP contribution in [0.15, 0.2) is 29.3 Å². The molecule has 2 N–H and O–H groups in total. The zero-order chi connectivity index (χ0) is 19.3. The molecule has 1 aromatic rings. The van der Waals surface area contributed by atoms with Crippen molar-refractivity contribution in [3.05, 3.63) is 29.8 Å². The fourth-order valence-corrected chi connectivity index (χ4v) is 2.81. The van der Waals surface area contributed by atoms with Crippen LogP contribution in [0.5, 0.6) is 5.75 Å². The van der Waals surface area contributed by atoms with Crippen LogP contribution in [0, 0.1) is 5.92 Å². The summed E-state index contributed by atoms with van der Waals surface area (Å²) in [6.45, 7) is 14.4. The summed E-state index contributed by atoms with van der Waals surface area (Å²) in [4.78, 5) is 7.09. The van der Waals surface area contributed by atoms with E-state index in [0.29, 0.717) is 5.92 Å². The van der Waals surface area contributed by atoms with Crippen LogP contribution in [-0.4, -0.2) is 69.9 Å². The van der Waals surface area contributed by atoms with E-state index in [9.17, 15) is 0 Å². The van der Waals surface area contributed by atoms with E-state index >= 15 is 0 Å². The summed E-state index contributed by atoms with van der Waals surface area (Å²) in [7, 11) is 0. The van der Waals surface area contributed by atoms with Crippen molar-refractivity contribution in [2.45, 2.75) is 27.2 Å². The number of nitrogens with one attached hydrogen (secondary N) is 2. The van der Waals surface area contributed by atoms with Gasteiger partial charge in [-0.05, 0) is 37.0 Å². The Morgan fingerprint density at radius 2 is 1.93 bits per heavy atom. The van der Waals surface area contributed by atoms with Gasteiger partial charge in [0.1, 0.15) is 5.75 Å². The second-order valence-electron chi connectivity index (χ2n) is 7.24. The van der Waals surface area contributed by atoms with Crippen molar-refractivity contribution in [3.63, 3.8) is 0 Å². The van der Waals surface area contributed by atoms with Crippen molar-refractivity contribution < 1.29 is 9.47 Å². The normalized spacial score (nSPS) is 15.8. The van der Waals surface area contributed by atoms with Crippen molar-refractivity contribution >= 4 is 5.96 Å². The molecule has 1 saturated heterocycles. The molecule has 6 heteroatoms. The largest absolute Gasteiger partial charge is 0.493 e. The molecule has 0 saturated carbocycles. The third kappa shape index (κ3) is 9.11. The molecule has 1 aromatic carbocycles. The Bertz CT molecular complexity index is 540. The molecule has 0 spiro atoms. The lowest BCUT2D eigenvalue weighted by atomic mass is 10.1. The van der Waals surface area contributed by atoms with E-state index in [4.69, 9.17) is 9.47 Å². The van der Waals surface area contributed by atoms with Gasteiger partial charge in [-0.25, -0.2) is 0 Å². The number of morpholine rings is 1. The van der Waals surface area contributed by atoms with Crippen LogP contribution in [0.1, 0.15) is 26.3 Å². The van der Waals surface area contributed by atoms with Gasteiger partial charge in [0.25, 0.3) is 0 Å². The van der Waals surface area contributed by atoms with Crippen LogP contribution < -0.4 is 15.4 Å². The minimum Gasteiger partial charge on any atom is -0.493 e. The highest BCUT2D eigenvalue weighted by Crippen LogP contribution is 2.13. The Morgan fingerprint density at radius 1 is 1.19 bits per heavy atom. The van der Waals surface area contributed by atoms with Crippen molar-refractivity contribution in [2.75, 3.05) is 59.1 Å². The Labute approximate surface area is 164 Å². The second-order valence-corrected chi connectivity index (χ2v) is 7.24. The Morgan fingerprint density at radius 3 is 2.59 bits per heavy atom. The Kier molecular flexibility index (Phi) is 10.0. The van der Waals surface area contributed by atoms with E-state index < -0.39 is 0 Å². The predicted molar refractivity (Wildman–Crippen MR) is 112 cm³/mol. The van der Waals surface area contributed by atoms with Gasteiger partial charge in [0.15, 0.2) is 5.96 Å². The summed E-state index contributed by atoms with van der Waals surface area (Å²) in [5.74, 6) is 2.38. The number of guanidine groups is 1. The molecule has 1 aliphatic heterocycles. The average molecular weight is 377 g/mol. The van der Waals surface area contributed by atoms with Crippen LogP contribution in [0.4, 0.5) is 0 Å². The van der Waals surface area contributed by atoms with Crippen LogP contribution in [0.25, 0.3) is 0 Å². The highest BCUT2D eigenvalue weighted by molar-refractivity contribution is 5.79. The molecule has 0 unspecified atom stereocenters. The summed E-state index contributed by atoms with van der Waals surface area (Å²) in [6, 6.07) is 8.39. The maximum Gasteiger partial charge on any atom is 0.191 e. The third-order valence-corrected chi connectivity index (χ3v) is 4.35. The molecule has 2 rings (SSSR count). The molecular formula is C21H36N4O2.